The van der Waals surface area contributed by atoms with Crippen molar-refractivity contribution in [3.8, 4) is 0 Å². The molecule has 0 fully saturated rings. The molecule has 0 saturated carbocycles. The minimum absolute atomic E-state index is 0.408. The Morgan fingerprint density at radius 2 is 1.26 bits per heavy atom. The monoisotopic (exact) mass is 332 g/mol. The molecule has 1 heteroatoms. The summed E-state index contributed by atoms with van der Waals surface area (Å²) in [5.74, 6) is 0. The van der Waals surface area contributed by atoms with Crippen LogP contribution in [0, 0.1) is 0 Å². The third-order valence-electron chi connectivity index (χ3n) is 3.87. The summed E-state index contributed by atoms with van der Waals surface area (Å²) in [5, 5.41) is 0. The SMILES string of the molecule is CCCC1=C[C](C)([Zr][C]2(C)C=CC(CCC)=C2)C=C1. The molecule has 2 rings (SSSR count). The van der Waals surface area contributed by atoms with Gasteiger partial charge < -0.3 is 0 Å². The van der Waals surface area contributed by atoms with Gasteiger partial charge in [-0.1, -0.05) is 0 Å². The van der Waals surface area contributed by atoms with E-state index in [0.29, 0.717) is 6.25 Å². The number of hydrogen-bond donors (Lipinski definition) is 0. The van der Waals surface area contributed by atoms with Crippen molar-refractivity contribution in [2.45, 2.75) is 59.6 Å². The summed E-state index contributed by atoms with van der Waals surface area (Å²) in [5.41, 5.74) is 3.13. The van der Waals surface area contributed by atoms with Gasteiger partial charge in [-0.2, -0.15) is 0 Å². The van der Waals surface area contributed by atoms with Gasteiger partial charge in [0.2, 0.25) is 0 Å². The van der Waals surface area contributed by atoms with Crippen LogP contribution in [0.2, 0.25) is 6.25 Å². The van der Waals surface area contributed by atoms with Crippen LogP contribution < -0.4 is 0 Å². The molecule has 2 unspecified atom stereocenters. The molecule has 0 nitrogen and oxygen atoms in total. The van der Waals surface area contributed by atoms with E-state index in [0.717, 1.165) is 0 Å². The van der Waals surface area contributed by atoms with E-state index < -0.39 is 23.2 Å². The second kappa shape index (κ2) is 6.08. The first-order valence-electron chi connectivity index (χ1n) is 7.60. The second-order valence-electron chi connectivity index (χ2n) is 6.30. The van der Waals surface area contributed by atoms with Crippen LogP contribution in [0.1, 0.15) is 53.4 Å². The van der Waals surface area contributed by atoms with Gasteiger partial charge in [-0.15, -0.1) is 0 Å². The molecule has 2 aliphatic rings. The van der Waals surface area contributed by atoms with Crippen LogP contribution in [0.3, 0.4) is 0 Å². The van der Waals surface area contributed by atoms with E-state index in [1.165, 1.54) is 25.7 Å². The Balaban J connectivity index is 2.06. The van der Waals surface area contributed by atoms with Gasteiger partial charge in [-0.05, 0) is 0 Å². The molecule has 19 heavy (non-hydrogen) atoms. The fraction of sp³-hybridized carbons (Fsp3) is 0.556. The first-order valence-corrected chi connectivity index (χ1v) is 10.1. The minimum atomic E-state index is -0.575. The zero-order valence-corrected chi connectivity index (χ0v) is 15.3. The standard InChI is InChI=1S/2C9H13.Zr/c2*1-3-4-9-6-5-8(2)7-9;/h2*5-7H,3-4H2,1-2H3;. The molecule has 0 amide bonds. The summed E-state index contributed by atoms with van der Waals surface area (Å²) in [7, 11) is 0. The van der Waals surface area contributed by atoms with Gasteiger partial charge in [-0.3, -0.25) is 0 Å². The quantitative estimate of drug-likeness (QED) is 0.557. The molecule has 0 heterocycles. The molecule has 0 spiro atoms. The van der Waals surface area contributed by atoms with Crippen LogP contribution >= 0.6 is 0 Å². The molecule has 0 aromatic heterocycles. The fourth-order valence-corrected chi connectivity index (χ4v) is 8.09. The van der Waals surface area contributed by atoms with Crippen molar-refractivity contribution in [1.29, 1.82) is 0 Å². The van der Waals surface area contributed by atoms with Crippen molar-refractivity contribution in [3.05, 3.63) is 47.6 Å². The van der Waals surface area contributed by atoms with E-state index in [4.69, 9.17) is 0 Å². The van der Waals surface area contributed by atoms with E-state index in [-0.39, 0.29) is 0 Å². The molecule has 0 aliphatic heterocycles. The zero-order valence-electron chi connectivity index (χ0n) is 12.8. The summed E-state index contributed by atoms with van der Waals surface area (Å²) < 4.78 is 0.816. The summed E-state index contributed by atoms with van der Waals surface area (Å²) in [6.07, 6.45) is 19.9. The number of allylic oxidation sites excluding steroid dienone is 8. The Hall–Kier alpha value is -0.157. The topological polar surface area (TPSA) is 0 Å². The molecule has 0 bridgehead atoms. The van der Waals surface area contributed by atoms with Crippen molar-refractivity contribution >= 4 is 0 Å². The molecule has 102 valence electrons. The number of rotatable bonds is 6. The maximum atomic E-state index is 2.56. The first kappa shape index (κ1) is 15.2. The Morgan fingerprint density at radius 1 is 0.842 bits per heavy atom. The first-order chi connectivity index (χ1) is 8.99. The molecule has 0 aromatic rings. The predicted molar refractivity (Wildman–Crippen MR) is 81.0 cm³/mol. The Kier molecular flexibility index (Phi) is 4.88. The zero-order chi connectivity index (χ0) is 13.9. The Labute approximate surface area is 130 Å². The van der Waals surface area contributed by atoms with Crippen molar-refractivity contribution in [2.75, 3.05) is 0 Å². The van der Waals surface area contributed by atoms with E-state index in [1.807, 2.05) is 0 Å². The average molecular weight is 334 g/mol. The second-order valence-corrected chi connectivity index (χ2v) is 12.2. The van der Waals surface area contributed by atoms with Crippen molar-refractivity contribution in [2.24, 2.45) is 0 Å². The van der Waals surface area contributed by atoms with Gasteiger partial charge in [0, 0.05) is 0 Å². The van der Waals surface area contributed by atoms with Crippen LogP contribution in [0.4, 0.5) is 0 Å². The molecular formula is C18H26Zr. The van der Waals surface area contributed by atoms with Gasteiger partial charge in [0.25, 0.3) is 0 Å². The predicted octanol–water partition coefficient (Wildman–Crippen LogP) is 6.02. The van der Waals surface area contributed by atoms with Gasteiger partial charge in [0.15, 0.2) is 0 Å². The molecule has 0 radical (unpaired) electrons. The summed E-state index contributed by atoms with van der Waals surface area (Å²) in [4.78, 5) is 0. The molecule has 0 saturated heterocycles. The normalized spacial score (nSPS) is 32.6. The fourth-order valence-electron chi connectivity index (χ4n) is 3.15. The van der Waals surface area contributed by atoms with Crippen molar-refractivity contribution in [1.82, 2.24) is 0 Å². The van der Waals surface area contributed by atoms with Crippen LogP contribution in [-0.2, 0) is 23.2 Å². The van der Waals surface area contributed by atoms with Gasteiger partial charge in [-0.25, -0.2) is 0 Å². The van der Waals surface area contributed by atoms with Crippen LogP contribution in [0.5, 0.6) is 0 Å². The maximum absolute atomic E-state index is 2.56. The average Bonchev–Trinajstić information content (AvgIpc) is 2.85. The van der Waals surface area contributed by atoms with E-state index in [9.17, 15) is 0 Å². The van der Waals surface area contributed by atoms with Gasteiger partial charge >= 0.3 is 130 Å². The van der Waals surface area contributed by atoms with Crippen LogP contribution in [0.15, 0.2) is 47.6 Å². The van der Waals surface area contributed by atoms with E-state index >= 15 is 0 Å². The van der Waals surface area contributed by atoms with E-state index in [1.54, 1.807) is 11.1 Å². The third-order valence-corrected chi connectivity index (χ3v) is 8.05. The van der Waals surface area contributed by atoms with Gasteiger partial charge in [0.05, 0.1) is 0 Å². The molecule has 2 aliphatic carbocycles. The molecule has 0 N–H and O–H groups in total. The number of hydrogen-bond acceptors (Lipinski definition) is 0. The molecule has 0 aromatic carbocycles. The molecular weight excluding hydrogens is 307 g/mol. The summed E-state index contributed by atoms with van der Waals surface area (Å²) in [6, 6.07) is 0. The van der Waals surface area contributed by atoms with Crippen LogP contribution in [0.25, 0.3) is 0 Å². The Bertz CT molecular complexity index is 410. The van der Waals surface area contributed by atoms with Gasteiger partial charge in [0.1, 0.15) is 0 Å². The summed E-state index contributed by atoms with van der Waals surface area (Å²) in [6.45, 7) is 9.43. The molecule has 2 atom stereocenters. The van der Waals surface area contributed by atoms with Crippen LogP contribution in [-0.4, -0.2) is 0 Å². The third kappa shape index (κ3) is 3.91. The van der Waals surface area contributed by atoms with Crippen molar-refractivity contribution < 1.29 is 23.2 Å². The van der Waals surface area contributed by atoms with E-state index in [2.05, 4.69) is 64.2 Å². The summed E-state index contributed by atoms with van der Waals surface area (Å²) >= 11 is -0.575. The Morgan fingerprint density at radius 3 is 1.63 bits per heavy atom. The van der Waals surface area contributed by atoms with Crippen molar-refractivity contribution in [3.63, 3.8) is 0 Å².